The number of hydrogen-bond acceptors (Lipinski definition) is 1. The number of aliphatic hydroxyl groups is 1. The Labute approximate surface area is 109 Å². The number of rotatable bonds is 12. The van der Waals surface area contributed by atoms with Crippen LogP contribution < -0.4 is 0 Å². The molecule has 0 fully saturated rings. The van der Waals surface area contributed by atoms with Crippen molar-refractivity contribution in [3.8, 4) is 0 Å². The van der Waals surface area contributed by atoms with Crippen LogP contribution in [0.25, 0.3) is 0 Å². The molecule has 0 rings (SSSR count). The maximum atomic E-state index is 8.97. The van der Waals surface area contributed by atoms with Gasteiger partial charge in [0.05, 0.1) is 0 Å². The highest BCUT2D eigenvalue weighted by Gasteiger charge is 2.07. The summed E-state index contributed by atoms with van der Waals surface area (Å²) < 4.78 is 0. The van der Waals surface area contributed by atoms with Crippen molar-refractivity contribution in [2.24, 2.45) is 11.8 Å². The first-order valence-corrected chi connectivity index (χ1v) is 7.85. The summed E-state index contributed by atoms with van der Waals surface area (Å²) in [6, 6.07) is 0. The first-order chi connectivity index (χ1) is 8.24. The molecule has 0 saturated heterocycles. The number of aliphatic hydroxyl groups excluding tert-OH is 1. The van der Waals surface area contributed by atoms with Crippen LogP contribution in [0.2, 0.25) is 0 Å². The summed E-state index contributed by atoms with van der Waals surface area (Å²) in [7, 11) is 0. The van der Waals surface area contributed by atoms with Crippen molar-refractivity contribution in [2.45, 2.75) is 85.0 Å². The van der Waals surface area contributed by atoms with Gasteiger partial charge in [-0.1, -0.05) is 78.6 Å². The predicted octanol–water partition coefficient (Wildman–Crippen LogP) is 5.17. The lowest BCUT2D eigenvalue weighted by atomic mass is 9.90. The van der Waals surface area contributed by atoms with E-state index in [0.29, 0.717) is 12.5 Å². The van der Waals surface area contributed by atoms with Crippen molar-refractivity contribution in [1.82, 2.24) is 0 Å². The molecule has 0 aromatic rings. The van der Waals surface area contributed by atoms with Crippen LogP contribution in [0.15, 0.2) is 0 Å². The molecule has 1 nitrogen and oxygen atoms in total. The van der Waals surface area contributed by atoms with Crippen LogP contribution in [0.5, 0.6) is 0 Å². The van der Waals surface area contributed by atoms with Crippen molar-refractivity contribution in [3.63, 3.8) is 0 Å². The van der Waals surface area contributed by atoms with Gasteiger partial charge in [0.2, 0.25) is 0 Å². The zero-order valence-electron chi connectivity index (χ0n) is 12.4. The van der Waals surface area contributed by atoms with Gasteiger partial charge in [0, 0.05) is 6.61 Å². The molecule has 0 bridgehead atoms. The summed E-state index contributed by atoms with van der Waals surface area (Å²) in [6.45, 7) is 7.09. The molecule has 0 aliphatic rings. The fourth-order valence-corrected chi connectivity index (χ4v) is 2.54. The molecule has 0 aliphatic heterocycles. The lowest BCUT2D eigenvalue weighted by Crippen LogP contribution is -2.03. The molecule has 0 spiro atoms. The lowest BCUT2D eigenvalue weighted by molar-refractivity contribution is 0.226. The molecule has 1 heteroatoms. The molecule has 1 N–H and O–H groups in total. The highest BCUT2D eigenvalue weighted by molar-refractivity contribution is 4.61. The van der Waals surface area contributed by atoms with E-state index in [1.165, 1.54) is 64.2 Å². The Balaban J connectivity index is 3.54. The van der Waals surface area contributed by atoms with Gasteiger partial charge in [-0.05, 0) is 18.3 Å². The van der Waals surface area contributed by atoms with Crippen molar-refractivity contribution in [2.75, 3.05) is 6.61 Å². The minimum Gasteiger partial charge on any atom is -0.396 e. The normalized spacial score (nSPS) is 14.8. The van der Waals surface area contributed by atoms with Gasteiger partial charge in [-0.25, -0.2) is 0 Å². The molecule has 17 heavy (non-hydrogen) atoms. The Kier molecular flexibility index (Phi) is 12.4. The summed E-state index contributed by atoms with van der Waals surface area (Å²) in [6.07, 6.45) is 13.6. The molecule has 2 atom stereocenters. The van der Waals surface area contributed by atoms with Crippen LogP contribution in [0.3, 0.4) is 0 Å². The quantitative estimate of drug-likeness (QED) is 0.468. The van der Waals surface area contributed by atoms with Gasteiger partial charge in [0.25, 0.3) is 0 Å². The smallest absolute Gasteiger partial charge is 0.0456 e. The van der Waals surface area contributed by atoms with Crippen molar-refractivity contribution >= 4 is 0 Å². The van der Waals surface area contributed by atoms with Gasteiger partial charge in [-0.15, -0.1) is 0 Å². The third-order valence-corrected chi connectivity index (χ3v) is 3.78. The molecular weight excluding hydrogens is 208 g/mol. The molecule has 0 amide bonds. The Morgan fingerprint density at radius 3 is 1.88 bits per heavy atom. The van der Waals surface area contributed by atoms with Gasteiger partial charge in [0.15, 0.2) is 0 Å². The van der Waals surface area contributed by atoms with Gasteiger partial charge in [-0.3, -0.25) is 0 Å². The summed E-state index contributed by atoms with van der Waals surface area (Å²) in [5.74, 6) is 1.47. The first kappa shape index (κ1) is 17.0. The van der Waals surface area contributed by atoms with Crippen LogP contribution in [0.1, 0.15) is 85.0 Å². The van der Waals surface area contributed by atoms with E-state index < -0.39 is 0 Å². The van der Waals surface area contributed by atoms with E-state index in [-0.39, 0.29) is 0 Å². The minimum absolute atomic E-state index is 0.356. The third kappa shape index (κ3) is 10.8. The zero-order chi connectivity index (χ0) is 12.9. The van der Waals surface area contributed by atoms with Crippen LogP contribution >= 0.6 is 0 Å². The van der Waals surface area contributed by atoms with E-state index in [1.54, 1.807) is 0 Å². The largest absolute Gasteiger partial charge is 0.396 e. The van der Waals surface area contributed by atoms with Gasteiger partial charge >= 0.3 is 0 Å². The highest BCUT2D eigenvalue weighted by Crippen LogP contribution is 2.22. The molecule has 0 heterocycles. The second kappa shape index (κ2) is 12.4. The van der Waals surface area contributed by atoms with E-state index in [1.807, 2.05) is 0 Å². The van der Waals surface area contributed by atoms with Crippen LogP contribution in [-0.4, -0.2) is 11.7 Å². The van der Waals surface area contributed by atoms with E-state index >= 15 is 0 Å². The fourth-order valence-electron chi connectivity index (χ4n) is 2.54. The van der Waals surface area contributed by atoms with Gasteiger partial charge in [0.1, 0.15) is 0 Å². The van der Waals surface area contributed by atoms with Crippen LogP contribution in [0, 0.1) is 11.8 Å². The Bertz CT molecular complexity index is 144. The molecule has 0 aliphatic carbocycles. The van der Waals surface area contributed by atoms with E-state index in [4.69, 9.17) is 5.11 Å². The minimum atomic E-state index is 0.356. The monoisotopic (exact) mass is 242 g/mol. The number of hydrogen-bond donors (Lipinski definition) is 1. The Morgan fingerprint density at radius 2 is 1.35 bits per heavy atom. The molecule has 0 aromatic heterocycles. The SMILES string of the molecule is CCCCCC(CCC)CCCCC(C)CO. The van der Waals surface area contributed by atoms with Crippen LogP contribution in [-0.2, 0) is 0 Å². The molecule has 0 saturated carbocycles. The highest BCUT2D eigenvalue weighted by atomic mass is 16.3. The van der Waals surface area contributed by atoms with Crippen molar-refractivity contribution < 1.29 is 5.11 Å². The zero-order valence-corrected chi connectivity index (χ0v) is 12.4. The maximum absolute atomic E-state index is 8.97. The predicted molar refractivity (Wildman–Crippen MR) is 77.3 cm³/mol. The first-order valence-electron chi connectivity index (χ1n) is 7.85. The molecular formula is C16H34O. The second-order valence-corrected chi connectivity index (χ2v) is 5.72. The van der Waals surface area contributed by atoms with Gasteiger partial charge < -0.3 is 5.11 Å². The topological polar surface area (TPSA) is 20.2 Å². The Hall–Kier alpha value is -0.0400. The summed E-state index contributed by atoms with van der Waals surface area (Å²) >= 11 is 0. The van der Waals surface area contributed by atoms with Crippen molar-refractivity contribution in [3.05, 3.63) is 0 Å². The van der Waals surface area contributed by atoms with Gasteiger partial charge in [-0.2, -0.15) is 0 Å². The Morgan fingerprint density at radius 1 is 0.765 bits per heavy atom. The molecule has 0 aromatic carbocycles. The summed E-state index contributed by atoms with van der Waals surface area (Å²) in [5, 5.41) is 8.97. The van der Waals surface area contributed by atoms with E-state index in [2.05, 4.69) is 20.8 Å². The van der Waals surface area contributed by atoms with Crippen molar-refractivity contribution in [1.29, 1.82) is 0 Å². The standard InChI is InChI=1S/C16H34O/c1-4-6-7-12-16(10-5-2)13-9-8-11-15(3)14-17/h15-17H,4-14H2,1-3H3. The average molecular weight is 242 g/mol. The fraction of sp³-hybridized carbons (Fsp3) is 1.00. The lowest BCUT2D eigenvalue weighted by Gasteiger charge is -2.16. The maximum Gasteiger partial charge on any atom is 0.0456 e. The molecule has 2 unspecified atom stereocenters. The summed E-state index contributed by atoms with van der Waals surface area (Å²) in [5.41, 5.74) is 0. The number of unbranched alkanes of at least 4 members (excludes halogenated alkanes) is 3. The molecule has 104 valence electrons. The third-order valence-electron chi connectivity index (χ3n) is 3.78. The van der Waals surface area contributed by atoms with E-state index in [0.717, 1.165) is 5.92 Å². The average Bonchev–Trinajstić information content (AvgIpc) is 2.34. The summed E-state index contributed by atoms with van der Waals surface area (Å²) in [4.78, 5) is 0. The second-order valence-electron chi connectivity index (χ2n) is 5.72. The van der Waals surface area contributed by atoms with Crippen LogP contribution in [0.4, 0.5) is 0 Å². The van der Waals surface area contributed by atoms with E-state index in [9.17, 15) is 0 Å². The molecule has 0 radical (unpaired) electrons.